The van der Waals surface area contributed by atoms with Gasteiger partial charge in [-0.1, -0.05) is 12.1 Å². The number of carboxylic acid groups (broad SMARTS) is 1. The van der Waals surface area contributed by atoms with E-state index in [0.717, 1.165) is 0 Å². The molecule has 0 aliphatic carbocycles. The smallest absolute Gasteiger partial charge is 0.421 e. The first kappa shape index (κ1) is 15.9. The quantitative estimate of drug-likeness (QED) is 0.702. The molecule has 0 saturated heterocycles. The van der Waals surface area contributed by atoms with Crippen molar-refractivity contribution in [2.24, 2.45) is 0 Å². The third-order valence-corrected chi connectivity index (χ3v) is 3.09. The van der Waals surface area contributed by atoms with Gasteiger partial charge in [-0.15, -0.1) is 0 Å². The predicted molar refractivity (Wildman–Crippen MR) is 69.3 cm³/mol. The number of hydrogen-bond donors (Lipinski definition) is 3. The molecule has 0 bridgehead atoms. The summed E-state index contributed by atoms with van der Waals surface area (Å²) in [5, 5.41) is 8.80. The molecule has 9 heteroatoms. The fourth-order valence-corrected chi connectivity index (χ4v) is 2.01. The van der Waals surface area contributed by atoms with Crippen molar-refractivity contribution in [2.75, 3.05) is 6.61 Å². The van der Waals surface area contributed by atoms with E-state index in [1.165, 1.54) is 25.1 Å². The highest BCUT2D eigenvalue weighted by Gasteiger charge is 2.14. The number of amides is 1. The highest BCUT2D eigenvalue weighted by Crippen LogP contribution is 2.05. The summed E-state index contributed by atoms with van der Waals surface area (Å²) < 4.78 is 31.1. The fourth-order valence-electron chi connectivity index (χ4n) is 1.30. The van der Waals surface area contributed by atoms with E-state index < -0.39 is 22.3 Å². The van der Waals surface area contributed by atoms with Gasteiger partial charge < -0.3 is 9.84 Å². The third kappa shape index (κ3) is 5.24. The molecule has 1 amide bonds. The number of carbonyl (C=O) groups excluding carboxylic acids is 1. The average molecular weight is 302 g/mol. The lowest BCUT2D eigenvalue weighted by Crippen LogP contribution is -2.40. The number of aromatic carboxylic acids is 1. The van der Waals surface area contributed by atoms with E-state index in [4.69, 9.17) is 5.11 Å². The second kappa shape index (κ2) is 6.87. The van der Waals surface area contributed by atoms with Gasteiger partial charge in [-0.3, -0.25) is 0 Å². The number of carboxylic acids is 1. The van der Waals surface area contributed by atoms with Gasteiger partial charge >= 0.3 is 22.3 Å². The first-order valence-corrected chi connectivity index (χ1v) is 7.08. The monoisotopic (exact) mass is 302 g/mol. The van der Waals surface area contributed by atoms with Crippen LogP contribution in [0, 0.1) is 0 Å². The zero-order chi connectivity index (χ0) is 15.2. The molecule has 0 heterocycles. The minimum atomic E-state index is -4.06. The molecule has 1 rings (SSSR count). The first-order chi connectivity index (χ1) is 9.34. The number of hydrogen-bond acceptors (Lipinski definition) is 5. The number of carbonyl (C=O) groups is 2. The van der Waals surface area contributed by atoms with Crippen LogP contribution in [0.1, 0.15) is 22.8 Å². The van der Waals surface area contributed by atoms with Crippen LogP contribution in [0.2, 0.25) is 0 Å². The van der Waals surface area contributed by atoms with Crippen LogP contribution in [0.5, 0.6) is 0 Å². The van der Waals surface area contributed by atoms with Crippen LogP contribution in [0.4, 0.5) is 4.79 Å². The zero-order valence-corrected chi connectivity index (χ0v) is 11.4. The Morgan fingerprint density at radius 1 is 1.35 bits per heavy atom. The molecule has 0 aromatic heterocycles. The van der Waals surface area contributed by atoms with Crippen LogP contribution in [-0.2, 0) is 21.5 Å². The summed E-state index contributed by atoms with van der Waals surface area (Å²) >= 11 is 0. The predicted octanol–water partition coefficient (Wildman–Crippen LogP) is 0.465. The van der Waals surface area contributed by atoms with Crippen LogP contribution >= 0.6 is 0 Å². The van der Waals surface area contributed by atoms with Gasteiger partial charge in [0.2, 0.25) is 0 Å². The van der Waals surface area contributed by atoms with Gasteiger partial charge in [0.05, 0.1) is 12.2 Å². The molecule has 1 aromatic carbocycles. The highest BCUT2D eigenvalue weighted by molar-refractivity contribution is 7.88. The van der Waals surface area contributed by atoms with Gasteiger partial charge in [-0.25, -0.2) is 14.3 Å². The molecule has 8 nitrogen and oxygen atoms in total. The van der Waals surface area contributed by atoms with Crippen molar-refractivity contribution in [2.45, 2.75) is 13.5 Å². The van der Waals surface area contributed by atoms with E-state index in [2.05, 4.69) is 9.46 Å². The van der Waals surface area contributed by atoms with Crippen LogP contribution < -0.4 is 9.44 Å². The number of benzene rings is 1. The Balaban J connectivity index is 2.64. The van der Waals surface area contributed by atoms with Gasteiger partial charge in [0, 0.05) is 6.54 Å². The van der Waals surface area contributed by atoms with Gasteiger partial charge in [0.1, 0.15) is 0 Å². The molecule has 3 N–H and O–H groups in total. The maximum absolute atomic E-state index is 11.5. The van der Waals surface area contributed by atoms with Crippen LogP contribution in [0.25, 0.3) is 0 Å². The van der Waals surface area contributed by atoms with Gasteiger partial charge in [-0.2, -0.15) is 13.1 Å². The first-order valence-electron chi connectivity index (χ1n) is 5.60. The van der Waals surface area contributed by atoms with Crippen molar-refractivity contribution >= 4 is 22.3 Å². The second-order valence-corrected chi connectivity index (χ2v) is 5.15. The van der Waals surface area contributed by atoms with E-state index in [1.54, 1.807) is 10.8 Å². The molecular formula is C11H14N2O6S. The fraction of sp³-hybridized carbons (Fsp3) is 0.273. The number of rotatable bonds is 6. The van der Waals surface area contributed by atoms with E-state index in [1.807, 2.05) is 0 Å². The molecule has 0 radical (unpaired) electrons. The summed E-state index contributed by atoms with van der Waals surface area (Å²) in [5.74, 6) is -1.11. The average Bonchev–Trinajstić information content (AvgIpc) is 2.36. The largest absolute Gasteiger partial charge is 0.478 e. The van der Waals surface area contributed by atoms with E-state index in [0.29, 0.717) is 5.56 Å². The van der Waals surface area contributed by atoms with Crippen molar-refractivity contribution < 1.29 is 27.9 Å². The Kier molecular flexibility index (Phi) is 5.47. The van der Waals surface area contributed by atoms with Crippen molar-refractivity contribution in [3.05, 3.63) is 35.4 Å². The summed E-state index contributed by atoms with van der Waals surface area (Å²) in [6.07, 6.45) is -1.08. The molecular weight excluding hydrogens is 288 g/mol. The summed E-state index contributed by atoms with van der Waals surface area (Å²) in [4.78, 5) is 21.7. The van der Waals surface area contributed by atoms with Crippen LogP contribution in [0.3, 0.4) is 0 Å². The normalized spacial score (nSPS) is 10.8. The minimum absolute atomic E-state index is 0.0417. The summed E-state index contributed by atoms with van der Waals surface area (Å²) in [7, 11) is -4.06. The van der Waals surface area contributed by atoms with Crippen molar-refractivity contribution in [1.82, 2.24) is 9.44 Å². The summed E-state index contributed by atoms with van der Waals surface area (Å²) in [6.45, 7) is 1.43. The molecule has 1 aromatic rings. The lowest BCUT2D eigenvalue weighted by Gasteiger charge is -2.08. The maximum atomic E-state index is 11.5. The van der Waals surface area contributed by atoms with E-state index in [9.17, 15) is 18.0 Å². The van der Waals surface area contributed by atoms with E-state index in [-0.39, 0.29) is 18.7 Å². The topological polar surface area (TPSA) is 122 Å². The Bertz CT molecular complexity index is 599. The van der Waals surface area contributed by atoms with Gasteiger partial charge in [0.25, 0.3) is 0 Å². The second-order valence-electron chi connectivity index (χ2n) is 3.65. The Hall–Kier alpha value is -2.13. The number of nitrogens with one attached hydrogen (secondary N) is 2. The standard InChI is InChI=1S/C11H14N2O6S/c1-2-19-11(16)13-20(17,18)12-7-8-4-3-5-9(6-8)10(14)15/h3-6,12H,2,7H2,1H3,(H,13,16)(H,14,15). The Labute approximate surface area is 115 Å². The molecule has 0 aliphatic heterocycles. The Morgan fingerprint density at radius 3 is 2.65 bits per heavy atom. The highest BCUT2D eigenvalue weighted by atomic mass is 32.2. The van der Waals surface area contributed by atoms with Crippen LogP contribution in [0.15, 0.2) is 24.3 Å². The molecule has 20 heavy (non-hydrogen) atoms. The molecule has 0 atom stereocenters. The summed E-state index contributed by atoms with van der Waals surface area (Å²) in [5.41, 5.74) is 0.485. The minimum Gasteiger partial charge on any atom is -0.478 e. The van der Waals surface area contributed by atoms with E-state index >= 15 is 0 Å². The number of ether oxygens (including phenoxy) is 1. The van der Waals surface area contributed by atoms with Crippen molar-refractivity contribution in [1.29, 1.82) is 0 Å². The van der Waals surface area contributed by atoms with Crippen LogP contribution in [-0.4, -0.2) is 32.2 Å². The Morgan fingerprint density at radius 2 is 2.05 bits per heavy atom. The SMILES string of the molecule is CCOC(=O)NS(=O)(=O)NCc1cccc(C(=O)O)c1. The maximum Gasteiger partial charge on any atom is 0.421 e. The molecule has 110 valence electrons. The zero-order valence-electron chi connectivity index (χ0n) is 10.6. The van der Waals surface area contributed by atoms with Gasteiger partial charge in [-0.05, 0) is 24.6 Å². The van der Waals surface area contributed by atoms with Crippen molar-refractivity contribution in [3.8, 4) is 0 Å². The third-order valence-electron chi connectivity index (χ3n) is 2.13. The van der Waals surface area contributed by atoms with Crippen molar-refractivity contribution in [3.63, 3.8) is 0 Å². The lowest BCUT2D eigenvalue weighted by atomic mass is 10.1. The van der Waals surface area contributed by atoms with Gasteiger partial charge in [0.15, 0.2) is 0 Å². The molecule has 0 saturated carbocycles. The molecule has 0 unspecified atom stereocenters. The lowest BCUT2D eigenvalue weighted by molar-refractivity contribution is 0.0696. The summed E-state index contributed by atoms with van der Waals surface area (Å²) in [6, 6.07) is 5.76. The molecule has 0 aliphatic rings. The molecule has 0 spiro atoms. The molecule has 0 fully saturated rings.